The van der Waals surface area contributed by atoms with Gasteiger partial charge in [0.2, 0.25) is 0 Å². The molecule has 2 aromatic carbocycles. The summed E-state index contributed by atoms with van der Waals surface area (Å²) in [6, 6.07) is 4.22. The quantitative estimate of drug-likeness (QED) is 0.144. The number of ether oxygens (including phenoxy) is 3. The van der Waals surface area contributed by atoms with Crippen LogP contribution in [0.15, 0.2) is 24.3 Å². The van der Waals surface area contributed by atoms with Gasteiger partial charge in [-0.2, -0.15) is 5.26 Å². The predicted octanol–water partition coefficient (Wildman–Crippen LogP) is 6.87. The zero-order valence-corrected chi connectivity index (χ0v) is 20.1. The van der Waals surface area contributed by atoms with E-state index >= 15 is 0 Å². The average Bonchev–Trinajstić information content (AvgIpc) is 2.83. The summed E-state index contributed by atoms with van der Waals surface area (Å²) < 4.78 is 72.7. The molecule has 0 bridgehead atoms. The molecule has 9 heteroatoms. The molecule has 0 saturated heterocycles. The van der Waals surface area contributed by atoms with Gasteiger partial charge >= 0.3 is 5.97 Å². The van der Waals surface area contributed by atoms with Crippen LogP contribution in [0.5, 0.6) is 11.5 Å². The molecule has 2 aromatic rings. The molecule has 194 valence electrons. The molecule has 0 unspecified atom stereocenters. The number of carbonyl (C=O) groups excluding carboxylic acids is 1. The molecule has 1 aliphatic rings. The summed E-state index contributed by atoms with van der Waals surface area (Å²) in [6.07, 6.45) is 8.47. The highest BCUT2D eigenvalue weighted by molar-refractivity contribution is 5.91. The van der Waals surface area contributed by atoms with Gasteiger partial charge in [-0.3, -0.25) is 0 Å². The largest absolute Gasteiger partial charge is 0.493 e. The molecule has 0 N–H and O–H groups in total. The third-order valence-corrected chi connectivity index (χ3v) is 6.19. The number of rotatable bonds is 11. The fourth-order valence-electron chi connectivity index (χ4n) is 4.16. The van der Waals surface area contributed by atoms with E-state index < -0.39 is 46.1 Å². The van der Waals surface area contributed by atoms with Gasteiger partial charge in [-0.05, 0) is 38.0 Å². The van der Waals surface area contributed by atoms with Gasteiger partial charge in [0.1, 0.15) is 52.0 Å². The molecule has 0 radical (unpaired) electrons. The summed E-state index contributed by atoms with van der Waals surface area (Å²) >= 11 is 0. The fourth-order valence-corrected chi connectivity index (χ4v) is 4.16. The summed E-state index contributed by atoms with van der Waals surface area (Å²) in [6.45, 7) is 3.21. The van der Waals surface area contributed by atoms with Crippen LogP contribution in [-0.2, 0) is 4.74 Å². The summed E-state index contributed by atoms with van der Waals surface area (Å²) in [4.78, 5) is 12.2. The normalized spacial score (nSPS) is 17.4. The van der Waals surface area contributed by atoms with Crippen molar-refractivity contribution in [3.05, 3.63) is 58.7 Å². The van der Waals surface area contributed by atoms with Gasteiger partial charge in [0.15, 0.2) is 0 Å². The van der Waals surface area contributed by atoms with Gasteiger partial charge in [0.05, 0.1) is 12.7 Å². The maximum Gasteiger partial charge on any atom is 0.349 e. The number of unbranched alkanes of at least 4 members (excludes halogenated alkanes) is 3. The van der Waals surface area contributed by atoms with Crippen molar-refractivity contribution in [2.75, 3.05) is 13.2 Å². The first-order valence-corrected chi connectivity index (χ1v) is 12.2. The minimum atomic E-state index is -1.48. The van der Waals surface area contributed by atoms with Crippen LogP contribution >= 0.6 is 0 Å². The average molecular weight is 508 g/mol. The minimum Gasteiger partial charge on any atom is -0.493 e. The van der Waals surface area contributed by atoms with E-state index in [1.165, 1.54) is 25.3 Å². The van der Waals surface area contributed by atoms with Crippen molar-refractivity contribution >= 4 is 5.97 Å². The molecule has 1 fully saturated rings. The maximum atomic E-state index is 14.5. The minimum absolute atomic E-state index is 0.0775. The number of nitrogens with zero attached hydrogens (tertiary/aromatic N) is 1. The number of nitriles is 1. The molecule has 0 amide bonds. The Bertz CT molecular complexity index is 1050. The summed E-state index contributed by atoms with van der Waals surface area (Å²) in [5.41, 5.74) is -1.89. The van der Waals surface area contributed by atoms with Crippen molar-refractivity contribution in [3.63, 3.8) is 0 Å². The van der Waals surface area contributed by atoms with E-state index in [-0.39, 0.29) is 24.4 Å². The van der Waals surface area contributed by atoms with Gasteiger partial charge < -0.3 is 14.2 Å². The maximum absolute atomic E-state index is 14.5. The Hall–Kier alpha value is -3.12. The summed E-state index contributed by atoms with van der Waals surface area (Å²) in [5.74, 6) is -6.96. The van der Waals surface area contributed by atoms with E-state index in [2.05, 4.69) is 6.92 Å². The van der Waals surface area contributed by atoms with Gasteiger partial charge in [-0.25, -0.2) is 22.4 Å². The molecule has 0 heterocycles. The second kappa shape index (κ2) is 13.3. The lowest BCUT2D eigenvalue weighted by Gasteiger charge is -2.28. The van der Waals surface area contributed by atoms with Crippen molar-refractivity contribution in [1.82, 2.24) is 0 Å². The Balaban J connectivity index is 1.51. The van der Waals surface area contributed by atoms with Crippen LogP contribution in [0, 0.1) is 40.5 Å². The Morgan fingerprint density at radius 2 is 1.53 bits per heavy atom. The Morgan fingerprint density at radius 1 is 0.917 bits per heavy atom. The van der Waals surface area contributed by atoms with Crippen molar-refractivity contribution in [1.29, 1.82) is 5.26 Å². The van der Waals surface area contributed by atoms with E-state index in [0.717, 1.165) is 50.8 Å². The van der Waals surface area contributed by atoms with E-state index in [0.29, 0.717) is 12.1 Å². The van der Waals surface area contributed by atoms with Crippen LogP contribution in [-0.4, -0.2) is 25.3 Å². The van der Waals surface area contributed by atoms with E-state index in [1.807, 2.05) is 0 Å². The second-order valence-electron chi connectivity index (χ2n) is 8.91. The van der Waals surface area contributed by atoms with Crippen molar-refractivity contribution in [3.8, 4) is 17.6 Å². The first-order chi connectivity index (χ1) is 17.3. The van der Waals surface area contributed by atoms with Crippen LogP contribution in [0.1, 0.15) is 74.2 Å². The predicted molar refractivity (Wildman–Crippen MR) is 124 cm³/mol. The highest BCUT2D eigenvalue weighted by Crippen LogP contribution is 2.29. The third-order valence-electron chi connectivity index (χ3n) is 6.19. The number of esters is 1. The Labute approximate surface area is 208 Å². The summed E-state index contributed by atoms with van der Waals surface area (Å²) in [7, 11) is 0. The van der Waals surface area contributed by atoms with E-state index in [9.17, 15) is 22.4 Å². The number of hydrogen-bond acceptors (Lipinski definition) is 5. The first kappa shape index (κ1) is 27.5. The fraction of sp³-hybridized carbons (Fsp3) is 0.481. The Morgan fingerprint density at radius 3 is 2.11 bits per heavy atom. The number of carbonyl (C=O) groups is 1. The lowest BCUT2D eigenvalue weighted by molar-refractivity contribution is 0.0111. The van der Waals surface area contributed by atoms with Gasteiger partial charge in [-0.1, -0.05) is 26.2 Å². The SMILES string of the molecule is CCCCCCO[C@H]1CC[C@H](COc2cc(F)c(C(=O)Oc3cc(F)c(C#N)c(F)c3)c(F)c2)CC1. The van der Waals surface area contributed by atoms with Crippen molar-refractivity contribution in [2.45, 2.75) is 64.4 Å². The summed E-state index contributed by atoms with van der Waals surface area (Å²) in [5, 5.41) is 8.69. The number of halogens is 4. The molecule has 1 aliphatic carbocycles. The number of hydrogen-bond donors (Lipinski definition) is 0. The first-order valence-electron chi connectivity index (χ1n) is 12.2. The molecule has 0 atom stereocenters. The molecule has 0 aliphatic heterocycles. The smallest absolute Gasteiger partial charge is 0.349 e. The van der Waals surface area contributed by atoms with Crippen LogP contribution in [0.4, 0.5) is 17.6 Å². The highest BCUT2D eigenvalue weighted by Gasteiger charge is 2.25. The third kappa shape index (κ3) is 7.44. The van der Waals surface area contributed by atoms with Gasteiger partial charge in [0.25, 0.3) is 0 Å². The van der Waals surface area contributed by atoms with Crippen molar-refractivity contribution < 1.29 is 36.6 Å². The molecule has 1 saturated carbocycles. The van der Waals surface area contributed by atoms with Crippen LogP contribution < -0.4 is 9.47 Å². The molecular weight excluding hydrogens is 478 g/mol. The van der Waals surface area contributed by atoms with E-state index in [1.54, 1.807) is 0 Å². The zero-order valence-electron chi connectivity index (χ0n) is 20.1. The van der Waals surface area contributed by atoms with Crippen LogP contribution in [0.2, 0.25) is 0 Å². The zero-order chi connectivity index (χ0) is 26.1. The lowest BCUT2D eigenvalue weighted by Crippen LogP contribution is -2.25. The Kier molecular flexibility index (Phi) is 10.1. The molecule has 5 nitrogen and oxygen atoms in total. The van der Waals surface area contributed by atoms with Crippen molar-refractivity contribution in [2.24, 2.45) is 5.92 Å². The van der Waals surface area contributed by atoms with Crippen LogP contribution in [0.25, 0.3) is 0 Å². The molecule has 3 rings (SSSR count). The monoisotopic (exact) mass is 507 g/mol. The van der Waals surface area contributed by atoms with Gasteiger partial charge in [-0.15, -0.1) is 0 Å². The lowest BCUT2D eigenvalue weighted by atomic mass is 9.88. The number of benzene rings is 2. The second-order valence-corrected chi connectivity index (χ2v) is 8.91. The molecule has 0 spiro atoms. The van der Waals surface area contributed by atoms with E-state index in [4.69, 9.17) is 19.5 Å². The molecule has 36 heavy (non-hydrogen) atoms. The van der Waals surface area contributed by atoms with Gasteiger partial charge in [0, 0.05) is 30.9 Å². The topological polar surface area (TPSA) is 68.6 Å². The molecule has 0 aromatic heterocycles. The highest BCUT2D eigenvalue weighted by atomic mass is 19.1. The van der Waals surface area contributed by atoms with Crippen LogP contribution in [0.3, 0.4) is 0 Å². The molecular formula is C27H29F4NO4. The standard InChI is InChI=1S/C27H29F4NO4/c1-2-3-4-5-10-34-18-8-6-17(7-9-18)16-35-19-11-24(30)26(25(31)12-19)27(33)36-20-13-22(28)21(15-32)23(29)14-20/h11-14,17-18H,2-10,16H2,1H3/t17-,18-.